The van der Waals surface area contributed by atoms with Gasteiger partial charge in [0.25, 0.3) is 0 Å². The topological polar surface area (TPSA) is 40.5 Å². The number of aliphatic hydroxyl groups is 1. The maximum atomic E-state index is 10.0. The Bertz CT molecular complexity index is 437. The summed E-state index contributed by atoms with van der Waals surface area (Å²) in [6, 6.07) is 16.1. The molecule has 76 valence electrons. The van der Waals surface area contributed by atoms with Gasteiger partial charge in [0.1, 0.15) is 11.9 Å². The molecule has 0 bridgehead atoms. The quantitative estimate of drug-likeness (QED) is 0.781. The van der Waals surface area contributed by atoms with Crippen LogP contribution in [0.15, 0.2) is 54.6 Å². The van der Waals surface area contributed by atoms with E-state index in [0.29, 0.717) is 5.56 Å². The third-order valence-electron chi connectivity index (χ3n) is 2.35. The molecular weight excluding hydrogens is 188 g/mol. The molecule has 0 saturated carbocycles. The lowest BCUT2D eigenvalue weighted by Gasteiger charge is -2.12. The van der Waals surface area contributed by atoms with Crippen molar-refractivity contribution in [1.29, 1.82) is 0 Å². The molecule has 0 aromatic heterocycles. The number of aliphatic hydroxyl groups excluding tert-OH is 1. The minimum atomic E-state index is -0.771. The summed E-state index contributed by atoms with van der Waals surface area (Å²) in [5.74, 6) is 0.119. The highest BCUT2D eigenvalue weighted by Crippen LogP contribution is 2.28. The SMILES string of the molecule is Oc1ccccc1[C@@H](O)c1ccccc1. The second kappa shape index (κ2) is 4.15. The number of phenolic OH excluding ortho intramolecular Hbond substituents is 1. The lowest BCUT2D eigenvalue weighted by atomic mass is 10.0. The first-order valence-electron chi connectivity index (χ1n) is 4.80. The molecule has 2 heteroatoms. The predicted molar refractivity (Wildman–Crippen MR) is 58.6 cm³/mol. The molecule has 0 heterocycles. The van der Waals surface area contributed by atoms with E-state index < -0.39 is 6.10 Å². The second-order valence-electron chi connectivity index (χ2n) is 3.37. The molecule has 0 amide bonds. The number of benzene rings is 2. The largest absolute Gasteiger partial charge is 0.508 e. The third kappa shape index (κ3) is 2.00. The molecule has 2 rings (SSSR count). The smallest absolute Gasteiger partial charge is 0.121 e. The summed E-state index contributed by atoms with van der Waals surface area (Å²) in [5, 5.41) is 19.6. The Hall–Kier alpha value is -1.80. The Morgan fingerprint density at radius 1 is 0.800 bits per heavy atom. The van der Waals surface area contributed by atoms with Crippen LogP contribution >= 0.6 is 0 Å². The Kier molecular flexibility index (Phi) is 2.70. The zero-order valence-corrected chi connectivity index (χ0v) is 8.17. The van der Waals surface area contributed by atoms with Crippen LogP contribution in [-0.4, -0.2) is 10.2 Å². The van der Waals surface area contributed by atoms with Crippen molar-refractivity contribution in [2.75, 3.05) is 0 Å². The number of aromatic hydroxyl groups is 1. The van der Waals surface area contributed by atoms with Crippen molar-refractivity contribution in [2.45, 2.75) is 6.10 Å². The predicted octanol–water partition coefficient (Wildman–Crippen LogP) is 2.47. The van der Waals surface area contributed by atoms with Gasteiger partial charge in [-0.25, -0.2) is 0 Å². The summed E-state index contributed by atoms with van der Waals surface area (Å²) >= 11 is 0. The summed E-state index contributed by atoms with van der Waals surface area (Å²) in [6.45, 7) is 0. The summed E-state index contributed by atoms with van der Waals surface area (Å²) in [6.07, 6.45) is -0.771. The van der Waals surface area contributed by atoms with E-state index in [-0.39, 0.29) is 5.75 Å². The molecule has 15 heavy (non-hydrogen) atoms. The van der Waals surface area contributed by atoms with Gasteiger partial charge in [-0.3, -0.25) is 0 Å². The van der Waals surface area contributed by atoms with Crippen molar-refractivity contribution >= 4 is 0 Å². The molecule has 0 spiro atoms. The first-order chi connectivity index (χ1) is 7.29. The van der Waals surface area contributed by atoms with E-state index >= 15 is 0 Å². The van der Waals surface area contributed by atoms with Crippen molar-refractivity contribution < 1.29 is 10.2 Å². The van der Waals surface area contributed by atoms with Crippen LogP contribution in [0.1, 0.15) is 17.2 Å². The van der Waals surface area contributed by atoms with Crippen LogP contribution in [0.4, 0.5) is 0 Å². The molecule has 2 nitrogen and oxygen atoms in total. The zero-order chi connectivity index (χ0) is 10.7. The molecule has 2 N–H and O–H groups in total. The van der Waals surface area contributed by atoms with Crippen LogP contribution in [-0.2, 0) is 0 Å². The molecule has 0 aliphatic carbocycles. The van der Waals surface area contributed by atoms with Crippen molar-refractivity contribution in [2.24, 2.45) is 0 Å². The van der Waals surface area contributed by atoms with Crippen LogP contribution in [0, 0.1) is 0 Å². The highest BCUT2D eigenvalue weighted by molar-refractivity contribution is 5.38. The van der Waals surface area contributed by atoms with E-state index in [1.165, 1.54) is 0 Å². The molecule has 0 aliphatic rings. The standard InChI is InChI=1S/C13H12O2/c14-12-9-5-4-8-11(12)13(15)10-6-2-1-3-7-10/h1-9,13-15H/t13-/m0/s1. The number of hydrogen-bond donors (Lipinski definition) is 2. The fourth-order valence-corrected chi connectivity index (χ4v) is 1.53. The van der Waals surface area contributed by atoms with Gasteiger partial charge < -0.3 is 10.2 Å². The monoisotopic (exact) mass is 200 g/mol. The first kappa shape index (κ1) is 9.74. The van der Waals surface area contributed by atoms with Crippen molar-refractivity contribution in [1.82, 2.24) is 0 Å². The minimum Gasteiger partial charge on any atom is -0.508 e. The Balaban J connectivity index is 2.37. The summed E-state index contributed by atoms with van der Waals surface area (Å²) < 4.78 is 0. The van der Waals surface area contributed by atoms with Gasteiger partial charge in [0.2, 0.25) is 0 Å². The average Bonchev–Trinajstić information content (AvgIpc) is 2.30. The number of rotatable bonds is 2. The van der Waals surface area contributed by atoms with Crippen LogP contribution in [0.2, 0.25) is 0 Å². The highest BCUT2D eigenvalue weighted by Gasteiger charge is 2.12. The Morgan fingerprint density at radius 2 is 1.40 bits per heavy atom. The summed E-state index contributed by atoms with van der Waals surface area (Å²) in [4.78, 5) is 0. The van der Waals surface area contributed by atoms with Gasteiger partial charge >= 0.3 is 0 Å². The fourth-order valence-electron chi connectivity index (χ4n) is 1.53. The van der Waals surface area contributed by atoms with E-state index in [4.69, 9.17) is 0 Å². The van der Waals surface area contributed by atoms with Crippen LogP contribution in [0.3, 0.4) is 0 Å². The minimum absolute atomic E-state index is 0.119. The van der Waals surface area contributed by atoms with Gasteiger partial charge in [-0.05, 0) is 11.6 Å². The van der Waals surface area contributed by atoms with E-state index in [9.17, 15) is 10.2 Å². The number of hydrogen-bond acceptors (Lipinski definition) is 2. The maximum Gasteiger partial charge on any atom is 0.121 e. The second-order valence-corrected chi connectivity index (χ2v) is 3.37. The van der Waals surface area contributed by atoms with E-state index in [1.807, 2.05) is 30.3 Å². The molecule has 0 aliphatic heterocycles. The third-order valence-corrected chi connectivity index (χ3v) is 2.35. The van der Waals surface area contributed by atoms with E-state index in [1.54, 1.807) is 24.3 Å². The van der Waals surface area contributed by atoms with Crippen molar-refractivity contribution in [3.63, 3.8) is 0 Å². The highest BCUT2D eigenvalue weighted by atomic mass is 16.3. The first-order valence-corrected chi connectivity index (χ1v) is 4.80. The van der Waals surface area contributed by atoms with Crippen LogP contribution in [0.5, 0.6) is 5.75 Å². The van der Waals surface area contributed by atoms with Gasteiger partial charge in [-0.1, -0.05) is 48.5 Å². The summed E-state index contributed by atoms with van der Waals surface area (Å²) in [5.41, 5.74) is 1.31. The molecule has 1 atom stereocenters. The molecule has 0 fully saturated rings. The van der Waals surface area contributed by atoms with Gasteiger partial charge in [0.05, 0.1) is 0 Å². The molecule has 0 saturated heterocycles. The van der Waals surface area contributed by atoms with Crippen molar-refractivity contribution in [3.8, 4) is 5.75 Å². The van der Waals surface area contributed by atoms with Gasteiger partial charge in [0, 0.05) is 5.56 Å². The average molecular weight is 200 g/mol. The van der Waals surface area contributed by atoms with Gasteiger partial charge in [0.15, 0.2) is 0 Å². The molecule has 2 aromatic carbocycles. The van der Waals surface area contributed by atoms with Gasteiger partial charge in [-0.2, -0.15) is 0 Å². The van der Waals surface area contributed by atoms with Gasteiger partial charge in [-0.15, -0.1) is 0 Å². The maximum absolute atomic E-state index is 10.0. The Labute approximate surface area is 88.4 Å². The number of phenols is 1. The lowest BCUT2D eigenvalue weighted by Crippen LogP contribution is -1.99. The number of para-hydroxylation sites is 1. The lowest BCUT2D eigenvalue weighted by molar-refractivity contribution is 0.215. The van der Waals surface area contributed by atoms with Crippen LogP contribution < -0.4 is 0 Å². The van der Waals surface area contributed by atoms with Crippen molar-refractivity contribution in [3.05, 3.63) is 65.7 Å². The molecule has 2 aromatic rings. The van der Waals surface area contributed by atoms with E-state index in [2.05, 4.69) is 0 Å². The van der Waals surface area contributed by atoms with E-state index in [0.717, 1.165) is 5.56 Å². The summed E-state index contributed by atoms with van der Waals surface area (Å²) in [7, 11) is 0. The molecule has 0 unspecified atom stereocenters. The zero-order valence-electron chi connectivity index (χ0n) is 8.17. The van der Waals surface area contributed by atoms with Crippen LogP contribution in [0.25, 0.3) is 0 Å². The Morgan fingerprint density at radius 3 is 2.07 bits per heavy atom. The molecule has 0 radical (unpaired) electrons. The molecular formula is C13H12O2. The normalized spacial score (nSPS) is 12.3. The fraction of sp³-hybridized carbons (Fsp3) is 0.0769.